The van der Waals surface area contributed by atoms with Crippen LogP contribution in [0.3, 0.4) is 0 Å². The van der Waals surface area contributed by atoms with Crippen LogP contribution < -0.4 is 9.46 Å². The lowest BCUT2D eigenvalue weighted by Crippen LogP contribution is -2.41. The largest absolute Gasteiger partial charge is 0.494 e. The summed E-state index contributed by atoms with van der Waals surface area (Å²) in [7, 11) is -3.90. The molecule has 1 unspecified atom stereocenters. The number of hydrogen-bond acceptors (Lipinski definition) is 4. The van der Waals surface area contributed by atoms with Crippen LogP contribution in [-0.4, -0.2) is 32.1 Å². The third-order valence-corrected chi connectivity index (χ3v) is 4.20. The standard InChI is InChI=1S/C14H21NO5S/c1-4-20-11-6-5-7-12(9-11)21(18,19)15-13(14(16)17)8-10(2)3/h5-7,9-10,13,15H,4,8H2,1-3H3,(H,16,17). The molecule has 7 heteroatoms. The average Bonchev–Trinajstić information content (AvgIpc) is 2.38. The molecular weight excluding hydrogens is 294 g/mol. The minimum atomic E-state index is -3.90. The van der Waals surface area contributed by atoms with Crippen LogP contribution in [0.5, 0.6) is 5.75 Å². The Morgan fingerprint density at radius 3 is 2.57 bits per heavy atom. The predicted octanol–water partition coefficient (Wildman–Crippen LogP) is 1.86. The van der Waals surface area contributed by atoms with E-state index in [1.807, 2.05) is 13.8 Å². The molecule has 0 aliphatic heterocycles. The second kappa shape index (κ2) is 7.42. The summed E-state index contributed by atoms with van der Waals surface area (Å²) in [4.78, 5) is 11.2. The summed E-state index contributed by atoms with van der Waals surface area (Å²) in [5.74, 6) is -0.701. The van der Waals surface area contributed by atoms with Crippen LogP contribution in [0.4, 0.5) is 0 Å². The van der Waals surface area contributed by atoms with Gasteiger partial charge in [-0.05, 0) is 31.4 Å². The lowest BCUT2D eigenvalue weighted by molar-refractivity contribution is -0.139. The molecule has 0 bridgehead atoms. The summed E-state index contributed by atoms with van der Waals surface area (Å²) < 4.78 is 32.0. The molecule has 0 radical (unpaired) electrons. The fraction of sp³-hybridized carbons (Fsp3) is 0.500. The highest BCUT2D eigenvalue weighted by Gasteiger charge is 2.26. The molecule has 21 heavy (non-hydrogen) atoms. The van der Waals surface area contributed by atoms with Crippen molar-refractivity contribution in [2.24, 2.45) is 5.92 Å². The lowest BCUT2D eigenvalue weighted by Gasteiger charge is -2.17. The fourth-order valence-electron chi connectivity index (χ4n) is 1.82. The molecule has 0 amide bonds. The Bertz CT molecular complexity index is 583. The zero-order valence-electron chi connectivity index (χ0n) is 12.4. The Hall–Kier alpha value is -1.60. The van der Waals surface area contributed by atoms with Gasteiger partial charge in [0.1, 0.15) is 11.8 Å². The molecule has 2 N–H and O–H groups in total. The minimum absolute atomic E-state index is 0.0107. The van der Waals surface area contributed by atoms with E-state index in [1.165, 1.54) is 12.1 Å². The van der Waals surface area contributed by atoms with Gasteiger partial charge in [-0.25, -0.2) is 8.42 Å². The molecule has 0 aliphatic rings. The number of carbonyl (C=O) groups is 1. The summed E-state index contributed by atoms with van der Waals surface area (Å²) in [6, 6.07) is 4.83. The second-order valence-electron chi connectivity index (χ2n) is 5.05. The number of nitrogens with one attached hydrogen (secondary N) is 1. The topological polar surface area (TPSA) is 92.7 Å². The number of carboxylic acid groups (broad SMARTS) is 1. The van der Waals surface area contributed by atoms with Crippen molar-refractivity contribution in [2.75, 3.05) is 6.61 Å². The SMILES string of the molecule is CCOc1cccc(S(=O)(=O)NC(CC(C)C)C(=O)O)c1. The van der Waals surface area contributed by atoms with Crippen molar-refractivity contribution in [3.8, 4) is 5.75 Å². The summed E-state index contributed by atoms with van der Waals surface area (Å²) in [5, 5.41) is 9.12. The molecule has 6 nitrogen and oxygen atoms in total. The van der Waals surface area contributed by atoms with Crippen LogP contribution in [0.15, 0.2) is 29.2 Å². The van der Waals surface area contributed by atoms with E-state index in [0.29, 0.717) is 12.4 Å². The molecule has 0 fully saturated rings. The first-order valence-corrected chi connectivity index (χ1v) is 8.22. The molecule has 0 spiro atoms. The zero-order valence-corrected chi connectivity index (χ0v) is 13.2. The van der Waals surface area contributed by atoms with Gasteiger partial charge < -0.3 is 9.84 Å². The van der Waals surface area contributed by atoms with Gasteiger partial charge in [0.05, 0.1) is 11.5 Å². The Morgan fingerprint density at radius 1 is 1.38 bits per heavy atom. The second-order valence-corrected chi connectivity index (χ2v) is 6.76. The first kappa shape index (κ1) is 17.5. The van der Waals surface area contributed by atoms with Gasteiger partial charge in [0, 0.05) is 6.07 Å². The van der Waals surface area contributed by atoms with E-state index in [2.05, 4.69) is 4.72 Å². The van der Waals surface area contributed by atoms with Gasteiger partial charge >= 0.3 is 5.97 Å². The van der Waals surface area contributed by atoms with Gasteiger partial charge in [-0.15, -0.1) is 0 Å². The molecule has 1 rings (SSSR count). The van der Waals surface area contributed by atoms with Crippen LogP contribution >= 0.6 is 0 Å². The Morgan fingerprint density at radius 2 is 2.05 bits per heavy atom. The van der Waals surface area contributed by atoms with E-state index in [-0.39, 0.29) is 17.2 Å². The van der Waals surface area contributed by atoms with Gasteiger partial charge in [0.15, 0.2) is 0 Å². The van der Waals surface area contributed by atoms with Crippen LogP contribution in [0.25, 0.3) is 0 Å². The van der Waals surface area contributed by atoms with E-state index in [4.69, 9.17) is 9.84 Å². The summed E-state index contributed by atoms with van der Waals surface area (Å²) in [6.45, 7) is 5.88. The molecule has 0 saturated carbocycles. The van der Waals surface area contributed by atoms with Crippen molar-refractivity contribution < 1.29 is 23.1 Å². The van der Waals surface area contributed by atoms with Crippen LogP contribution in [-0.2, 0) is 14.8 Å². The summed E-state index contributed by atoms with van der Waals surface area (Å²) in [5.41, 5.74) is 0. The maximum absolute atomic E-state index is 12.3. The third-order valence-electron chi connectivity index (χ3n) is 2.73. The molecular formula is C14H21NO5S. The highest BCUT2D eigenvalue weighted by atomic mass is 32.2. The molecule has 118 valence electrons. The molecule has 0 aliphatic carbocycles. The first-order valence-electron chi connectivity index (χ1n) is 6.74. The number of carboxylic acids is 1. The van der Waals surface area contributed by atoms with Crippen LogP contribution in [0.2, 0.25) is 0 Å². The molecule has 1 atom stereocenters. The number of benzene rings is 1. The quantitative estimate of drug-likeness (QED) is 0.764. The number of ether oxygens (including phenoxy) is 1. The average molecular weight is 315 g/mol. The Kier molecular flexibility index (Phi) is 6.17. The highest BCUT2D eigenvalue weighted by molar-refractivity contribution is 7.89. The normalized spacial score (nSPS) is 13.1. The highest BCUT2D eigenvalue weighted by Crippen LogP contribution is 2.18. The fourth-order valence-corrected chi connectivity index (χ4v) is 3.06. The molecule has 1 aromatic rings. The van der Waals surface area contributed by atoms with E-state index in [1.54, 1.807) is 19.1 Å². The Balaban J connectivity index is 2.98. The van der Waals surface area contributed by atoms with Gasteiger partial charge in [-0.3, -0.25) is 4.79 Å². The van der Waals surface area contributed by atoms with E-state index >= 15 is 0 Å². The monoisotopic (exact) mass is 315 g/mol. The smallest absolute Gasteiger partial charge is 0.321 e. The van der Waals surface area contributed by atoms with Crippen molar-refractivity contribution in [1.29, 1.82) is 0 Å². The third kappa shape index (κ3) is 5.35. The maximum atomic E-state index is 12.3. The number of hydrogen-bond donors (Lipinski definition) is 2. The minimum Gasteiger partial charge on any atom is -0.494 e. The van der Waals surface area contributed by atoms with Gasteiger partial charge in [0.25, 0.3) is 0 Å². The van der Waals surface area contributed by atoms with Crippen molar-refractivity contribution in [3.63, 3.8) is 0 Å². The Labute approximate surface area is 125 Å². The van der Waals surface area contributed by atoms with Crippen LogP contribution in [0.1, 0.15) is 27.2 Å². The van der Waals surface area contributed by atoms with Gasteiger partial charge in [-0.2, -0.15) is 4.72 Å². The van der Waals surface area contributed by atoms with Gasteiger partial charge in [0.2, 0.25) is 10.0 Å². The molecule has 0 heterocycles. The van der Waals surface area contributed by atoms with E-state index in [0.717, 1.165) is 0 Å². The van der Waals surface area contributed by atoms with Crippen molar-refractivity contribution in [1.82, 2.24) is 4.72 Å². The van der Waals surface area contributed by atoms with Crippen molar-refractivity contribution in [3.05, 3.63) is 24.3 Å². The number of aliphatic carboxylic acids is 1. The number of sulfonamides is 1. The number of rotatable bonds is 8. The lowest BCUT2D eigenvalue weighted by atomic mass is 10.1. The first-order chi connectivity index (χ1) is 9.76. The van der Waals surface area contributed by atoms with E-state index < -0.39 is 22.0 Å². The van der Waals surface area contributed by atoms with E-state index in [9.17, 15) is 13.2 Å². The van der Waals surface area contributed by atoms with Crippen molar-refractivity contribution in [2.45, 2.75) is 38.1 Å². The molecule has 1 aromatic carbocycles. The van der Waals surface area contributed by atoms with Crippen LogP contribution in [0, 0.1) is 5.92 Å². The molecule has 0 aromatic heterocycles. The zero-order chi connectivity index (χ0) is 16.0. The van der Waals surface area contributed by atoms with Gasteiger partial charge in [-0.1, -0.05) is 19.9 Å². The molecule has 0 saturated heterocycles. The predicted molar refractivity (Wildman–Crippen MR) is 78.8 cm³/mol. The summed E-state index contributed by atoms with van der Waals surface area (Å²) >= 11 is 0. The van der Waals surface area contributed by atoms with Crippen molar-refractivity contribution >= 4 is 16.0 Å². The summed E-state index contributed by atoms with van der Waals surface area (Å²) in [6.07, 6.45) is 0.222. The maximum Gasteiger partial charge on any atom is 0.321 e.